The van der Waals surface area contributed by atoms with E-state index in [9.17, 15) is 8.42 Å². The van der Waals surface area contributed by atoms with Crippen molar-refractivity contribution in [3.05, 3.63) is 23.2 Å². The fraction of sp³-hybridized carbons (Fsp3) is 0.538. The first-order valence-corrected chi connectivity index (χ1v) is 8.27. The molecule has 1 heterocycles. The molecule has 0 bridgehead atoms. The van der Waals surface area contributed by atoms with Gasteiger partial charge in [0.05, 0.1) is 10.6 Å². The third-order valence-electron chi connectivity index (χ3n) is 3.26. The molecule has 0 aliphatic carbocycles. The number of hydrogen-bond acceptors (Lipinski definition) is 4. The number of sulfonamides is 1. The number of hydrogen-bond donors (Lipinski definition) is 2. The number of nitrogens with one attached hydrogen (secondary N) is 1. The predicted molar refractivity (Wildman–Crippen MR) is 79.2 cm³/mol. The van der Waals surface area contributed by atoms with Crippen LogP contribution >= 0.6 is 11.6 Å². The summed E-state index contributed by atoms with van der Waals surface area (Å²) in [7, 11) is -3.68. The number of halogens is 1. The number of ether oxygens (including phenoxy) is 1. The zero-order chi connectivity index (χ0) is 15.0. The lowest BCUT2D eigenvalue weighted by atomic mass is 9.95. The van der Waals surface area contributed by atoms with E-state index in [1.165, 1.54) is 12.1 Å². The summed E-state index contributed by atoms with van der Waals surface area (Å²) in [5.74, 6) is 0. The van der Waals surface area contributed by atoms with E-state index in [2.05, 4.69) is 4.72 Å². The van der Waals surface area contributed by atoms with Crippen molar-refractivity contribution >= 4 is 27.3 Å². The molecule has 3 N–H and O–H groups in total. The van der Waals surface area contributed by atoms with E-state index in [0.29, 0.717) is 25.1 Å². The maximum Gasteiger partial charge on any atom is 0.242 e. The molecular weight excluding hydrogens is 300 g/mol. The van der Waals surface area contributed by atoms with Crippen LogP contribution in [-0.2, 0) is 14.8 Å². The van der Waals surface area contributed by atoms with Gasteiger partial charge in [-0.05, 0) is 44.9 Å². The van der Waals surface area contributed by atoms with Crippen LogP contribution < -0.4 is 10.5 Å². The molecule has 0 aromatic heterocycles. The van der Waals surface area contributed by atoms with Crippen LogP contribution in [0.3, 0.4) is 0 Å². The average Bonchev–Trinajstić information content (AvgIpc) is 2.30. The van der Waals surface area contributed by atoms with Gasteiger partial charge >= 0.3 is 0 Å². The van der Waals surface area contributed by atoms with Crippen LogP contribution in [0.4, 0.5) is 5.69 Å². The van der Waals surface area contributed by atoms with Crippen molar-refractivity contribution in [1.29, 1.82) is 0 Å². The van der Waals surface area contributed by atoms with Crippen LogP contribution in [0.2, 0.25) is 5.02 Å². The van der Waals surface area contributed by atoms with Gasteiger partial charge in [-0.2, -0.15) is 0 Å². The van der Waals surface area contributed by atoms with Gasteiger partial charge in [0.15, 0.2) is 0 Å². The Morgan fingerprint density at radius 2 is 2.15 bits per heavy atom. The molecule has 1 unspecified atom stereocenters. The smallest absolute Gasteiger partial charge is 0.242 e. The Labute approximate surface area is 124 Å². The fourth-order valence-electron chi connectivity index (χ4n) is 2.34. The predicted octanol–water partition coefficient (Wildman–Crippen LogP) is 2.16. The van der Waals surface area contributed by atoms with E-state index in [4.69, 9.17) is 22.1 Å². The van der Waals surface area contributed by atoms with Gasteiger partial charge in [-0.15, -0.1) is 0 Å². The maximum absolute atomic E-state index is 12.4. The largest absolute Gasteiger partial charge is 0.399 e. The normalized spacial score (nSPS) is 22.6. The third kappa shape index (κ3) is 3.63. The lowest BCUT2D eigenvalue weighted by Gasteiger charge is -2.35. The molecule has 20 heavy (non-hydrogen) atoms. The maximum atomic E-state index is 12.4. The minimum Gasteiger partial charge on any atom is -0.399 e. The van der Waals surface area contributed by atoms with Crippen LogP contribution in [0.15, 0.2) is 23.1 Å². The SMILES string of the molecule is CC1(C)CC(NS(=O)(=O)c2cc(N)ccc2Cl)CCO1. The van der Waals surface area contributed by atoms with Crippen LogP contribution in [0, 0.1) is 0 Å². The topological polar surface area (TPSA) is 81.4 Å². The Morgan fingerprint density at radius 1 is 1.45 bits per heavy atom. The Bertz CT molecular complexity index is 602. The highest BCUT2D eigenvalue weighted by atomic mass is 35.5. The Hall–Kier alpha value is -0.820. The highest BCUT2D eigenvalue weighted by Crippen LogP contribution is 2.27. The monoisotopic (exact) mass is 318 g/mol. The third-order valence-corrected chi connectivity index (χ3v) is 5.27. The van der Waals surface area contributed by atoms with Gasteiger partial charge in [-0.3, -0.25) is 0 Å². The molecule has 112 valence electrons. The highest BCUT2D eigenvalue weighted by Gasteiger charge is 2.32. The van der Waals surface area contributed by atoms with Crippen molar-refractivity contribution in [3.8, 4) is 0 Å². The first-order chi connectivity index (χ1) is 9.20. The summed E-state index contributed by atoms with van der Waals surface area (Å²) in [6.45, 7) is 4.42. The number of anilines is 1. The molecule has 1 saturated heterocycles. The van der Waals surface area contributed by atoms with Crippen molar-refractivity contribution in [2.45, 2.75) is 43.2 Å². The van der Waals surface area contributed by atoms with E-state index in [1.54, 1.807) is 6.07 Å². The highest BCUT2D eigenvalue weighted by molar-refractivity contribution is 7.89. The number of nitrogens with two attached hydrogens (primary N) is 1. The van der Waals surface area contributed by atoms with E-state index in [0.717, 1.165) is 0 Å². The molecule has 1 atom stereocenters. The second-order valence-electron chi connectivity index (χ2n) is 5.61. The average molecular weight is 319 g/mol. The van der Waals surface area contributed by atoms with Gasteiger partial charge < -0.3 is 10.5 Å². The second-order valence-corrected chi connectivity index (χ2v) is 7.70. The molecule has 1 aliphatic heterocycles. The Kier molecular flexibility index (Phi) is 4.30. The zero-order valence-electron chi connectivity index (χ0n) is 11.5. The van der Waals surface area contributed by atoms with Crippen molar-refractivity contribution in [1.82, 2.24) is 4.72 Å². The minimum atomic E-state index is -3.68. The summed E-state index contributed by atoms with van der Waals surface area (Å²) >= 11 is 5.96. The molecule has 0 amide bonds. The van der Waals surface area contributed by atoms with E-state index in [-0.39, 0.29) is 21.6 Å². The summed E-state index contributed by atoms with van der Waals surface area (Å²) in [4.78, 5) is 0.0171. The molecule has 0 saturated carbocycles. The minimum absolute atomic E-state index is 0.0171. The molecular formula is C13H19ClN2O3S. The summed E-state index contributed by atoms with van der Waals surface area (Å²) in [6.07, 6.45) is 1.26. The first-order valence-electron chi connectivity index (χ1n) is 6.41. The molecule has 1 aliphatic rings. The molecule has 2 rings (SSSR count). The molecule has 1 fully saturated rings. The lowest BCUT2D eigenvalue weighted by molar-refractivity contribution is -0.0599. The molecule has 1 aromatic carbocycles. The molecule has 1 aromatic rings. The Morgan fingerprint density at radius 3 is 2.80 bits per heavy atom. The molecule has 0 spiro atoms. The lowest BCUT2D eigenvalue weighted by Crippen LogP contribution is -2.45. The number of rotatable bonds is 3. The van der Waals surface area contributed by atoms with Gasteiger partial charge in [0.2, 0.25) is 10.0 Å². The van der Waals surface area contributed by atoms with Crippen molar-refractivity contribution in [2.24, 2.45) is 0 Å². The van der Waals surface area contributed by atoms with E-state index in [1.807, 2.05) is 13.8 Å². The summed E-state index contributed by atoms with van der Waals surface area (Å²) in [6, 6.07) is 4.26. The summed E-state index contributed by atoms with van der Waals surface area (Å²) in [5, 5.41) is 0.165. The molecule has 7 heteroatoms. The molecule has 5 nitrogen and oxygen atoms in total. The van der Waals surface area contributed by atoms with Gasteiger partial charge in [-0.1, -0.05) is 11.6 Å². The van der Waals surface area contributed by atoms with Crippen molar-refractivity contribution < 1.29 is 13.2 Å². The molecule has 0 radical (unpaired) electrons. The van der Waals surface area contributed by atoms with Gasteiger partial charge in [0, 0.05) is 18.3 Å². The van der Waals surface area contributed by atoms with Gasteiger partial charge in [0.1, 0.15) is 4.90 Å². The van der Waals surface area contributed by atoms with E-state index < -0.39 is 10.0 Å². The summed E-state index contributed by atoms with van der Waals surface area (Å²) < 4.78 is 33.1. The Balaban J connectivity index is 2.21. The zero-order valence-corrected chi connectivity index (χ0v) is 13.1. The van der Waals surface area contributed by atoms with Crippen LogP contribution in [0.1, 0.15) is 26.7 Å². The van der Waals surface area contributed by atoms with Crippen LogP contribution in [0.25, 0.3) is 0 Å². The standard InChI is InChI=1S/C13H19ClN2O3S/c1-13(2)8-10(5-6-19-13)16-20(17,18)12-7-9(15)3-4-11(12)14/h3-4,7,10,16H,5-6,8,15H2,1-2H3. The quantitative estimate of drug-likeness (QED) is 0.837. The number of nitrogen functional groups attached to an aromatic ring is 1. The second kappa shape index (κ2) is 5.52. The van der Waals surface area contributed by atoms with E-state index >= 15 is 0 Å². The van der Waals surface area contributed by atoms with Crippen molar-refractivity contribution in [3.63, 3.8) is 0 Å². The first kappa shape index (κ1) is 15.6. The van der Waals surface area contributed by atoms with Crippen LogP contribution in [-0.4, -0.2) is 26.7 Å². The van der Waals surface area contributed by atoms with Gasteiger partial charge in [-0.25, -0.2) is 13.1 Å². The number of benzene rings is 1. The van der Waals surface area contributed by atoms with Crippen LogP contribution in [0.5, 0.6) is 0 Å². The fourth-order valence-corrected chi connectivity index (χ4v) is 4.15. The van der Waals surface area contributed by atoms with Gasteiger partial charge in [0.25, 0.3) is 0 Å². The summed E-state index contributed by atoms with van der Waals surface area (Å²) in [5.41, 5.74) is 5.66. The van der Waals surface area contributed by atoms with Crippen molar-refractivity contribution in [2.75, 3.05) is 12.3 Å².